The molecule has 0 unspecified atom stereocenters. The van der Waals surface area contributed by atoms with Crippen LogP contribution in [0.1, 0.15) is 73.1 Å². The molecule has 1 aromatic heterocycles. The highest BCUT2D eigenvalue weighted by Crippen LogP contribution is 2.35. The number of pyridine rings is 1. The zero-order valence-electron chi connectivity index (χ0n) is 21.2. The van der Waals surface area contributed by atoms with E-state index < -0.39 is 4.92 Å². The summed E-state index contributed by atoms with van der Waals surface area (Å²) in [5.41, 5.74) is 2.62. The molecule has 0 radical (unpaired) electrons. The van der Waals surface area contributed by atoms with E-state index in [-0.39, 0.29) is 23.6 Å². The highest BCUT2D eigenvalue weighted by atomic mass is 16.6. The van der Waals surface area contributed by atoms with Gasteiger partial charge in [0, 0.05) is 24.1 Å². The van der Waals surface area contributed by atoms with Crippen molar-refractivity contribution in [2.45, 2.75) is 79.7 Å². The first-order chi connectivity index (χ1) is 16.3. The molecule has 0 fully saturated rings. The number of ether oxygens (including phenoxy) is 2. The highest BCUT2D eigenvalue weighted by Gasteiger charge is 2.21. The van der Waals surface area contributed by atoms with Crippen molar-refractivity contribution in [3.05, 3.63) is 62.0 Å². The lowest BCUT2D eigenvalue weighted by Crippen LogP contribution is -2.24. The van der Waals surface area contributed by atoms with Gasteiger partial charge in [0.05, 0.1) is 17.0 Å². The Hall–Kier alpha value is -3.09. The van der Waals surface area contributed by atoms with Crippen LogP contribution in [-0.4, -0.2) is 22.7 Å². The topological polar surface area (TPSA) is 83.6 Å². The summed E-state index contributed by atoms with van der Waals surface area (Å²) >= 11 is 0. The van der Waals surface area contributed by atoms with Gasteiger partial charge in [-0.3, -0.25) is 14.9 Å². The van der Waals surface area contributed by atoms with Crippen molar-refractivity contribution in [3.63, 3.8) is 0 Å². The number of aryl methyl sites for hydroxylation is 1. The first kappa shape index (κ1) is 27.2. The first-order valence-electron chi connectivity index (χ1n) is 12.2. The second kappa shape index (κ2) is 13.6. The molecule has 0 saturated heterocycles. The number of aromatic nitrogens is 1. The number of nitro benzene ring substituents is 1. The van der Waals surface area contributed by atoms with Gasteiger partial charge in [-0.2, -0.15) is 0 Å². The summed E-state index contributed by atoms with van der Waals surface area (Å²) in [6, 6.07) is 4.55. The van der Waals surface area contributed by atoms with Gasteiger partial charge in [-0.25, -0.2) is 0 Å². The van der Waals surface area contributed by atoms with E-state index in [1.54, 1.807) is 10.6 Å². The highest BCUT2D eigenvalue weighted by molar-refractivity contribution is 5.89. The van der Waals surface area contributed by atoms with Crippen LogP contribution in [-0.2, 0) is 6.54 Å². The van der Waals surface area contributed by atoms with Crippen LogP contribution in [0, 0.1) is 10.1 Å². The molecule has 186 valence electrons. The lowest BCUT2D eigenvalue weighted by Gasteiger charge is -2.18. The van der Waals surface area contributed by atoms with Gasteiger partial charge in [0.2, 0.25) is 5.75 Å². The number of fused-ring (bicyclic) bond motifs is 1. The third-order valence-corrected chi connectivity index (χ3v) is 5.60. The molecule has 2 aromatic rings. The molecule has 0 amide bonds. The molecule has 0 aliphatic rings. The second-order valence-electron chi connectivity index (χ2n) is 8.81. The number of nitro groups is 1. The Labute approximate surface area is 202 Å². The Bertz CT molecular complexity index is 1090. The van der Waals surface area contributed by atoms with E-state index in [9.17, 15) is 14.9 Å². The summed E-state index contributed by atoms with van der Waals surface area (Å²) in [5, 5.41) is 12.0. The minimum absolute atomic E-state index is 0.0576. The van der Waals surface area contributed by atoms with Crippen molar-refractivity contribution < 1.29 is 14.4 Å². The molecule has 0 N–H and O–H groups in total. The molecular formula is C27H38N2O5. The minimum Gasteiger partial charge on any atom is -0.485 e. The Morgan fingerprint density at radius 2 is 1.79 bits per heavy atom. The van der Waals surface area contributed by atoms with Gasteiger partial charge in [0.15, 0.2) is 5.75 Å². The van der Waals surface area contributed by atoms with Crippen molar-refractivity contribution in [3.8, 4) is 11.5 Å². The summed E-state index contributed by atoms with van der Waals surface area (Å²) in [5.74, 6) is 0.536. The van der Waals surface area contributed by atoms with Crippen LogP contribution in [0.4, 0.5) is 5.69 Å². The first-order valence-corrected chi connectivity index (χ1v) is 12.2. The Balaban J connectivity index is 2.52. The van der Waals surface area contributed by atoms with Gasteiger partial charge < -0.3 is 14.0 Å². The maximum absolute atomic E-state index is 13.5. The zero-order valence-corrected chi connectivity index (χ0v) is 21.2. The maximum Gasteiger partial charge on any atom is 0.297 e. The number of rotatable bonds is 14. The second-order valence-corrected chi connectivity index (χ2v) is 8.81. The zero-order chi connectivity index (χ0) is 25.1. The van der Waals surface area contributed by atoms with E-state index in [1.165, 1.54) is 23.3 Å². The fourth-order valence-electron chi connectivity index (χ4n) is 3.59. The fraction of sp³-hybridized carbons (Fsp3) is 0.519. The SMILES string of the molecule is CCCCOc1c(OCC=C(C)CCC=C(C)C)c2ccc([N+](=O)[O-])cc2n(CCCC)c1=O. The van der Waals surface area contributed by atoms with Gasteiger partial charge in [-0.1, -0.05) is 43.9 Å². The van der Waals surface area contributed by atoms with Gasteiger partial charge in [-0.15, -0.1) is 0 Å². The van der Waals surface area contributed by atoms with E-state index >= 15 is 0 Å². The number of allylic oxidation sites excluding steroid dienone is 3. The van der Waals surface area contributed by atoms with Crippen LogP contribution in [0.5, 0.6) is 11.5 Å². The predicted molar refractivity (Wildman–Crippen MR) is 138 cm³/mol. The molecule has 7 heteroatoms. The molecule has 1 aromatic carbocycles. The monoisotopic (exact) mass is 470 g/mol. The third kappa shape index (κ3) is 7.47. The van der Waals surface area contributed by atoms with E-state index in [2.05, 4.69) is 33.8 Å². The van der Waals surface area contributed by atoms with E-state index in [0.29, 0.717) is 29.8 Å². The normalized spacial score (nSPS) is 11.5. The van der Waals surface area contributed by atoms with Crippen LogP contribution in [0.15, 0.2) is 46.3 Å². The van der Waals surface area contributed by atoms with Crippen LogP contribution >= 0.6 is 0 Å². The van der Waals surface area contributed by atoms with Crippen LogP contribution in [0.2, 0.25) is 0 Å². The van der Waals surface area contributed by atoms with Crippen molar-refractivity contribution in [1.29, 1.82) is 0 Å². The number of non-ortho nitro benzene ring substituents is 1. The minimum atomic E-state index is -0.446. The molecule has 0 bridgehead atoms. The van der Waals surface area contributed by atoms with Crippen molar-refractivity contribution in [2.75, 3.05) is 13.2 Å². The number of benzene rings is 1. The molecule has 0 saturated carbocycles. The lowest BCUT2D eigenvalue weighted by molar-refractivity contribution is -0.384. The van der Waals surface area contributed by atoms with Gasteiger partial charge >= 0.3 is 0 Å². The Morgan fingerprint density at radius 3 is 2.44 bits per heavy atom. The molecule has 2 rings (SSSR count). The maximum atomic E-state index is 13.5. The molecular weight excluding hydrogens is 432 g/mol. The summed E-state index contributed by atoms with van der Waals surface area (Å²) in [6.45, 7) is 11.5. The standard InChI is InChI=1S/C27H38N2O5/c1-6-8-16-28-24-19-22(29(31)32)13-14-23(24)25(26(27(28)30)33-17-9-7-2)34-18-15-21(5)12-10-11-20(3)4/h11,13-15,19H,6-10,12,16-18H2,1-5H3. The van der Waals surface area contributed by atoms with E-state index in [0.717, 1.165) is 38.5 Å². The van der Waals surface area contributed by atoms with Crippen molar-refractivity contribution in [2.24, 2.45) is 0 Å². The van der Waals surface area contributed by atoms with Crippen LogP contribution in [0.25, 0.3) is 10.9 Å². The largest absolute Gasteiger partial charge is 0.485 e. The molecule has 1 heterocycles. The summed E-state index contributed by atoms with van der Waals surface area (Å²) in [7, 11) is 0. The van der Waals surface area contributed by atoms with Crippen LogP contribution < -0.4 is 15.0 Å². The van der Waals surface area contributed by atoms with E-state index in [1.807, 2.05) is 13.0 Å². The van der Waals surface area contributed by atoms with Gasteiger partial charge in [0.1, 0.15) is 6.61 Å². The molecule has 0 aliphatic carbocycles. The summed E-state index contributed by atoms with van der Waals surface area (Å²) < 4.78 is 13.6. The third-order valence-electron chi connectivity index (χ3n) is 5.60. The van der Waals surface area contributed by atoms with Crippen molar-refractivity contribution in [1.82, 2.24) is 4.57 Å². The van der Waals surface area contributed by atoms with Gasteiger partial charge in [-0.05, 0) is 58.6 Å². The Morgan fingerprint density at radius 1 is 1.06 bits per heavy atom. The molecule has 34 heavy (non-hydrogen) atoms. The number of nitrogens with zero attached hydrogens (tertiary/aromatic N) is 2. The number of hydrogen-bond acceptors (Lipinski definition) is 5. The van der Waals surface area contributed by atoms with Crippen molar-refractivity contribution >= 4 is 16.6 Å². The van der Waals surface area contributed by atoms with Gasteiger partial charge in [0.25, 0.3) is 11.2 Å². The summed E-state index contributed by atoms with van der Waals surface area (Å²) in [6.07, 6.45) is 9.53. The van der Waals surface area contributed by atoms with Crippen LogP contribution in [0.3, 0.4) is 0 Å². The lowest BCUT2D eigenvalue weighted by atomic mass is 10.1. The number of unbranched alkanes of at least 4 members (excludes halogenated alkanes) is 2. The van der Waals surface area contributed by atoms with E-state index in [4.69, 9.17) is 9.47 Å². The number of hydrogen-bond donors (Lipinski definition) is 0. The Kier molecular flexibility index (Phi) is 10.8. The fourth-order valence-corrected chi connectivity index (χ4v) is 3.59. The molecule has 7 nitrogen and oxygen atoms in total. The predicted octanol–water partition coefficient (Wildman–Crippen LogP) is 6.96. The quantitative estimate of drug-likeness (QED) is 0.129. The molecule has 0 aliphatic heterocycles. The average Bonchev–Trinajstić information content (AvgIpc) is 2.79. The molecule has 0 atom stereocenters. The smallest absolute Gasteiger partial charge is 0.297 e. The summed E-state index contributed by atoms with van der Waals surface area (Å²) in [4.78, 5) is 24.4. The average molecular weight is 471 g/mol. The molecule has 0 spiro atoms.